The van der Waals surface area contributed by atoms with Crippen molar-refractivity contribution >= 4 is 15.7 Å². The summed E-state index contributed by atoms with van der Waals surface area (Å²) < 4.78 is 27.9. The third kappa shape index (κ3) is 5.68. The number of primary sulfonamides is 1. The van der Waals surface area contributed by atoms with Crippen LogP contribution in [0.15, 0.2) is 18.2 Å². The molecular weight excluding hydrogens is 296 g/mol. The Morgan fingerprint density at radius 3 is 2.62 bits per heavy atom. The molecule has 1 atom stereocenters. The summed E-state index contributed by atoms with van der Waals surface area (Å²) >= 11 is 0. The van der Waals surface area contributed by atoms with Crippen molar-refractivity contribution in [1.29, 1.82) is 0 Å². The monoisotopic (exact) mass is 316 g/mol. The molecule has 0 amide bonds. The van der Waals surface area contributed by atoms with Crippen molar-refractivity contribution in [3.63, 3.8) is 0 Å². The standard InChI is InChI=1S/C13H20N2O5S/c1-3-5-11(9-21(14,18)19)8-20-13-10(2)6-4-7-12(13)15(16)17/h4,6-7,11H,3,5,8-9H2,1-2H3,(H2,14,18,19). The maximum atomic E-state index is 11.2. The molecule has 1 aromatic carbocycles. The van der Waals surface area contributed by atoms with Gasteiger partial charge in [-0.15, -0.1) is 0 Å². The Morgan fingerprint density at radius 2 is 2.10 bits per heavy atom. The summed E-state index contributed by atoms with van der Waals surface area (Å²) in [7, 11) is -3.60. The summed E-state index contributed by atoms with van der Waals surface area (Å²) in [5, 5.41) is 16.0. The zero-order valence-electron chi connectivity index (χ0n) is 12.1. The number of nitrogens with two attached hydrogens (primary N) is 1. The molecule has 8 heteroatoms. The van der Waals surface area contributed by atoms with E-state index in [9.17, 15) is 18.5 Å². The summed E-state index contributed by atoms with van der Waals surface area (Å²) in [6, 6.07) is 4.64. The van der Waals surface area contributed by atoms with Gasteiger partial charge in [-0.05, 0) is 18.9 Å². The molecule has 0 saturated carbocycles. The fourth-order valence-corrected chi connectivity index (χ4v) is 3.04. The molecule has 0 aliphatic heterocycles. The molecule has 0 aliphatic carbocycles. The number of sulfonamides is 1. The number of nitro benzene ring substituents is 1. The minimum absolute atomic E-state index is 0.0793. The number of hydrogen-bond donors (Lipinski definition) is 1. The molecule has 0 aliphatic rings. The number of ether oxygens (including phenoxy) is 1. The van der Waals surface area contributed by atoms with E-state index in [2.05, 4.69) is 0 Å². The molecule has 0 saturated heterocycles. The van der Waals surface area contributed by atoms with Gasteiger partial charge in [-0.2, -0.15) is 0 Å². The first-order valence-electron chi connectivity index (χ1n) is 6.62. The summed E-state index contributed by atoms with van der Waals surface area (Å²) in [4.78, 5) is 10.5. The third-order valence-electron chi connectivity index (χ3n) is 3.02. The van der Waals surface area contributed by atoms with Crippen molar-refractivity contribution in [3.05, 3.63) is 33.9 Å². The molecule has 118 valence electrons. The fourth-order valence-electron chi connectivity index (χ4n) is 2.12. The zero-order chi connectivity index (χ0) is 16.0. The first kappa shape index (κ1) is 17.4. The van der Waals surface area contributed by atoms with Crippen molar-refractivity contribution in [2.24, 2.45) is 11.1 Å². The molecule has 7 nitrogen and oxygen atoms in total. The smallest absolute Gasteiger partial charge is 0.311 e. The SMILES string of the molecule is CCCC(COc1c(C)cccc1[N+](=O)[O-])CS(N)(=O)=O. The van der Waals surface area contributed by atoms with E-state index in [4.69, 9.17) is 9.88 Å². The number of nitro groups is 1. The van der Waals surface area contributed by atoms with E-state index in [1.807, 2.05) is 6.92 Å². The number of aryl methyl sites for hydroxylation is 1. The Morgan fingerprint density at radius 1 is 1.43 bits per heavy atom. The van der Waals surface area contributed by atoms with Crippen molar-refractivity contribution in [2.75, 3.05) is 12.4 Å². The Balaban J connectivity index is 2.87. The van der Waals surface area contributed by atoms with Gasteiger partial charge < -0.3 is 4.74 Å². The lowest BCUT2D eigenvalue weighted by molar-refractivity contribution is -0.386. The molecule has 0 heterocycles. The van der Waals surface area contributed by atoms with Crippen LogP contribution in [0.2, 0.25) is 0 Å². The van der Waals surface area contributed by atoms with Gasteiger partial charge in [0.05, 0.1) is 17.3 Å². The quantitative estimate of drug-likeness (QED) is 0.582. The molecule has 0 fully saturated rings. The second-order valence-electron chi connectivity index (χ2n) is 4.98. The van der Waals surface area contributed by atoms with Crippen LogP contribution in [-0.4, -0.2) is 25.7 Å². The topological polar surface area (TPSA) is 113 Å². The highest BCUT2D eigenvalue weighted by molar-refractivity contribution is 7.89. The number of benzene rings is 1. The second-order valence-corrected chi connectivity index (χ2v) is 6.63. The Hall–Kier alpha value is -1.67. The minimum Gasteiger partial charge on any atom is -0.486 e. The van der Waals surface area contributed by atoms with Gasteiger partial charge in [0.15, 0.2) is 5.75 Å². The van der Waals surface area contributed by atoms with E-state index in [-0.39, 0.29) is 29.7 Å². The Bertz CT molecular complexity index is 601. The van der Waals surface area contributed by atoms with Crippen molar-refractivity contribution in [3.8, 4) is 5.75 Å². The largest absolute Gasteiger partial charge is 0.486 e. The van der Waals surface area contributed by atoms with Crippen LogP contribution in [0.1, 0.15) is 25.3 Å². The molecular formula is C13H20N2O5S. The molecule has 0 aromatic heterocycles. The van der Waals surface area contributed by atoms with Crippen molar-refractivity contribution in [2.45, 2.75) is 26.7 Å². The van der Waals surface area contributed by atoms with Gasteiger partial charge in [0.1, 0.15) is 0 Å². The van der Waals surface area contributed by atoms with E-state index in [1.165, 1.54) is 6.07 Å². The van der Waals surface area contributed by atoms with E-state index in [0.29, 0.717) is 12.0 Å². The number of nitrogens with zero attached hydrogens (tertiary/aromatic N) is 1. The van der Waals surface area contributed by atoms with Crippen molar-refractivity contribution in [1.82, 2.24) is 0 Å². The highest BCUT2D eigenvalue weighted by Crippen LogP contribution is 2.30. The van der Waals surface area contributed by atoms with Crippen LogP contribution in [0, 0.1) is 23.0 Å². The average Bonchev–Trinajstić information content (AvgIpc) is 2.35. The van der Waals surface area contributed by atoms with Gasteiger partial charge in [-0.1, -0.05) is 25.5 Å². The van der Waals surface area contributed by atoms with Crippen LogP contribution in [0.5, 0.6) is 5.75 Å². The Labute approximate surface area is 124 Å². The van der Waals surface area contributed by atoms with Crippen LogP contribution in [0.3, 0.4) is 0 Å². The van der Waals surface area contributed by atoms with E-state index in [0.717, 1.165) is 6.42 Å². The van der Waals surface area contributed by atoms with Crippen LogP contribution in [0.4, 0.5) is 5.69 Å². The zero-order valence-corrected chi connectivity index (χ0v) is 12.9. The second kappa shape index (κ2) is 7.37. The highest BCUT2D eigenvalue weighted by atomic mass is 32.2. The molecule has 21 heavy (non-hydrogen) atoms. The summed E-state index contributed by atoms with van der Waals surface area (Å²) in [6.45, 7) is 3.71. The predicted octanol–water partition coefficient (Wildman–Crippen LogP) is 1.99. The van der Waals surface area contributed by atoms with E-state index in [1.54, 1.807) is 19.1 Å². The summed E-state index contributed by atoms with van der Waals surface area (Å²) in [6.07, 6.45) is 1.40. The first-order chi connectivity index (χ1) is 9.74. The summed E-state index contributed by atoms with van der Waals surface area (Å²) in [5.41, 5.74) is 0.510. The molecule has 0 radical (unpaired) electrons. The lowest BCUT2D eigenvalue weighted by Gasteiger charge is -2.17. The fraction of sp³-hybridized carbons (Fsp3) is 0.538. The molecule has 0 bridgehead atoms. The number of rotatable bonds is 8. The minimum atomic E-state index is -3.60. The van der Waals surface area contributed by atoms with E-state index < -0.39 is 14.9 Å². The van der Waals surface area contributed by atoms with Gasteiger partial charge in [-0.25, -0.2) is 13.6 Å². The lowest BCUT2D eigenvalue weighted by atomic mass is 10.1. The van der Waals surface area contributed by atoms with Gasteiger partial charge in [0.2, 0.25) is 10.0 Å². The van der Waals surface area contributed by atoms with Gasteiger partial charge in [-0.3, -0.25) is 10.1 Å². The van der Waals surface area contributed by atoms with Gasteiger partial charge in [0, 0.05) is 12.0 Å². The maximum absolute atomic E-state index is 11.2. The lowest BCUT2D eigenvalue weighted by Crippen LogP contribution is -2.27. The molecule has 2 N–H and O–H groups in total. The van der Waals surface area contributed by atoms with Crippen LogP contribution in [0.25, 0.3) is 0 Å². The van der Waals surface area contributed by atoms with Gasteiger partial charge in [0.25, 0.3) is 0 Å². The van der Waals surface area contributed by atoms with Crippen LogP contribution < -0.4 is 9.88 Å². The highest BCUT2D eigenvalue weighted by Gasteiger charge is 2.21. The molecule has 0 spiro atoms. The third-order valence-corrected chi connectivity index (χ3v) is 3.95. The predicted molar refractivity (Wildman–Crippen MR) is 79.7 cm³/mol. The maximum Gasteiger partial charge on any atom is 0.311 e. The number of para-hydroxylation sites is 1. The summed E-state index contributed by atoms with van der Waals surface area (Å²) in [5.74, 6) is -0.303. The van der Waals surface area contributed by atoms with E-state index >= 15 is 0 Å². The van der Waals surface area contributed by atoms with Crippen LogP contribution in [-0.2, 0) is 10.0 Å². The molecule has 1 rings (SSSR count). The first-order valence-corrected chi connectivity index (χ1v) is 8.33. The van der Waals surface area contributed by atoms with Gasteiger partial charge >= 0.3 is 5.69 Å². The number of hydrogen-bond acceptors (Lipinski definition) is 5. The molecule has 1 aromatic rings. The Kier molecular flexibility index (Phi) is 6.10. The normalized spacial score (nSPS) is 12.9. The van der Waals surface area contributed by atoms with Crippen molar-refractivity contribution < 1.29 is 18.1 Å². The average molecular weight is 316 g/mol. The molecule has 1 unspecified atom stereocenters. The van der Waals surface area contributed by atoms with Crippen LogP contribution >= 0.6 is 0 Å².